The van der Waals surface area contributed by atoms with Crippen LogP contribution in [0.4, 0.5) is 5.95 Å². The van der Waals surface area contributed by atoms with Crippen LogP contribution in [0, 0.1) is 0 Å². The van der Waals surface area contributed by atoms with E-state index < -0.39 is 0 Å². The second kappa shape index (κ2) is 3.70. The highest BCUT2D eigenvalue weighted by molar-refractivity contribution is 5.69. The zero-order valence-electron chi connectivity index (χ0n) is 6.73. The standard InChI is InChI=1S/C6H10N4O2/c1-2-12-5(11)3-10-6(7)8-4-9-10/h4H,2-3H2,1H3,(H2,7,8,9). The predicted molar refractivity (Wildman–Crippen MR) is 41.1 cm³/mol. The van der Waals surface area contributed by atoms with Crippen molar-refractivity contribution in [1.82, 2.24) is 14.8 Å². The third kappa shape index (κ3) is 1.94. The Balaban J connectivity index is 2.52. The maximum absolute atomic E-state index is 10.9. The minimum Gasteiger partial charge on any atom is -0.465 e. The molecule has 66 valence electrons. The van der Waals surface area contributed by atoms with Gasteiger partial charge in [0.05, 0.1) is 6.61 Å². The summed E-state index contributed by atoms with van der Waals surface area (Å²) in [7, 11) is 0. The number of hydrogen-bond donors (Lipinski definition) is 1. The summed E-state index contributed by atoms with van der Waals surface area (Å²) in [6.07, 6.45) is 1.29. The number of nitrogens with zero attached hydrogens (tertiary/aromatic N) is 3. The minimum atomic E-state index is -0.366. The highest BCUT2D eigenvalue weighted by atomic mass is 16.5. The molecule has 0 bridgehead atoms. The number of ether oxygens (including phenoxy) is 1. The molecule has 12 heavy (non-hydrogen) atoms. The molecule has 0 atom stereocenters. The number of nitrogens with two attached hydrogens (primary N) is 1. The van der Waals surface area contributed by atoms with Crippen molar-refractivity contribution in [1.29, 1.82) is 0 Å². The molecule has 0 amide bonds. The average Bonchev–Trinajstić information content (AvgIpc) is 2.37. The molecule has 1 heterocycles. The second-order valence-corrected chi connectivity index (χ2v) is 2.08. The van der Waals surface area contributed by atoms with Gasteiger partial charge in [-0.2, -0.15) is 5.10 Å². The lowest BCUT2D eigenvalue weighted by Crippen LogP contribution is -2.16. The molecule has 1 aromatic rings. The first-order valence-corrected chi connectivity index (χ1v) is 3.53. The summed E-state index contributed by atoms with van der Waals surface area (Å²) < 4.78 is 5.96. The van der Waals surface area contributed by atoms with Gasteiger partial charge in [-0.1, -0.05) is 0 Å². The Morgan fingerprint density at radius 1 is 1.83 bits per heavy atom. The third-order valence-corrected chi connectivity index (χ3v) is 1.23. The van der Waals surface area contributed by atoms with Crippen LogP contribution in [0.15, 0.2) is 6.33 Å². The van der Waals surface area contributed by atoms with E-state index in [1.807, 2.05) is 0 Å². The van der Waals surface area contributed by atoms with Crippen molar-refractivity contribution in [3.63, 3.8) is 0 Å². The number of carbonyl (C=O) groups excluding carboxylic acids is 1. The first-order valence-electron chi connectivity index (χ1n) is 3.53. The molecule has 0 unspecified atom stereocenters. The SMILES string of the molecule is CCOC(=O)Cn1ncnc1N. The highest BCUT2D eigenvalue weighted by Crippen LogP contribution is 1.94. The maximum Gasteiger partial charge on any atom is 0.327 e. The Kier molecular flexibility index (Phi) is 2.62. The van der Waals surface area contributed by atoms with Crippen molar-refractivity contribution in [2.45, 2.75) is 13.5 Å². The second-order valence-electron chi connectivity index (χ2n) is 2.08. The Morgan fingerprint density at radius 3 is 3.08 bits per heavy atom. The predicted octanol–water partition coefficient (Wildman–Crippen LogP) is -0.577. The first-order chi connectivity index (χ1) is 5.74. The Labute approximate surface area is 69.3 Å². The number of rotatable bonds is 3. The van der Waals surface area contributed by atoms with Gasteiger partial charge in [-0.05, 0) is 6.92 Å². The molecular weight excluding hydrogens is 160 g/mol. The summed E-state index contributed by atoms with van der Waals surface area (Å²) in [5.41, 5.74) is 5.37. The van der Waals surface area contributed by atoms with Gasteiger partial charge >= 0.3 is 5.97 Å². The molecule has 0 spiro atoms. The van der Waals surface area contributed by atoms with Gasteiger partial charge in [0.25, 0.3) is 0 Å². The summed E-state index contributed by atoms with van der Waals surface area (Å²) in [4.78, 5) is 14.5. The average molecular weight is 170 g/mol. The normalized spacial score (nSPS) is 9.75. The summed E-state index contributed by atoms with van der Waals surface area (Å²) in [5.74, 6) is -0.155. The van der Waals surface area contributed by atoms with Crippen LogP contribution in [-0.2, 0) is 16.1 Å². The van der Waals surface area contributed by atoms with Gasteiger partial charge in [-0.25, -0.2) is 9.67 Å². The van der Waals surface area contributed by atoms with Gasteiger partial charge < -0.3 is 10.5 Å². The molecule has 0 saturated heterocycles. The van der Waals surface area contributed by atoms with Crippen LogP contribution in [-0.4, -0.2) is 27.3 Å². The van der Waals surface area contributed by atoms with Crippen LogP contribution in [0.2, 0.25) is 0 Å². The largest absolute Gasteiger partial charge is 0.465 e. The Bertz CT molecular complexity index is 270. The minimum absolute atomic E-state index is 0.0136. The summed E-state index contributed by atoms with van der Waals surface area (Å²) in [6.45, 7) is 2.11. The van der Waals surface area contributed by atoms with E-state index in [0.29, 0.717) is 6.61 Å². The lowest BCUT2D eigenvalue weighted by Gasteiger charge is -2.01. The molecule has 1 aromatic heterocycles. The quantitative estimate of drug-likeness (QED) is 0.614. The van der Waals surface area contributed by atoms with Crippen LogP contribution in [0.5, 0.6) is 0 Å². The number of esters is 1. The summed E-state index contributed by atoms with van der Waals surface area (Å²) >= 11 is 0. The van der Waals surface area contributed by atoms with Gasteiger partial charge in [0, 0.05) is 0 Å². The molecule has 0 aliphatic heterocycles. The Morgan fingerprint density at radius 2 is 2.58 bits per heavy atom. The smallest absolute Gasteiger partial charge is 0.327 e. The van der Waals surface area contributed by atoms with E-state index in [4.69, 9.17) is 5.73 Å². The van der Waals surface area contributed by atoms with E-state index in [1.165, 1.54) is 11.0 Å². The molecule has 6 nitrogen and oxygen atoms in total. The molecule has 0 saturated carbocycles. The van der Waals surface area contributed by atoms with Crippen LogP contribution < -0.4 is 5.73 Å². The molecule has 0 aromatic carbocycles. The van der Waals surface area contributed by atoms with Crippen LogP contribution in [0.25, 0.3) is 0 Å². The summed E-state index contributed by atoms with van der Waals surface area (Å²) in [6, 6.07) is 0. The van der Waals surface area contributed by atoms with E-state index in [2.05, 4.69) is 14.8 Å². The van der Waals surface area contributed by atoms with E-state index in [1.54, 1.807) is 6.92 Å². The fraction of sp³-hybridized carbons (Fsp3) is 0.500. The molecule has 1 rings (SSSR count). The van der Waals surface area contributed by atoms with E-state index in [9.17, 15) is 4.79 Å². The molecule has 0 radical (unpaired) electrons. The lowest BCUT2D eigenvalue weighted by molar-refractivity contribution is -0.144. The van der Waals surface area contributed by atoms with Gasteiger partial charge in [0.1, 0.15) is 12.9 Å². The van der Waals surface area contributed by atoms with Gasteiger partial charge in [0.15, 0.2) is 0 Å². The van der Waals surface area contributed by atoms with Crippen LogP contribution in [0.1, 0.15) is 6.92 Å². The highest BCUT2D eigenvalue weighted by Gasteiger charge is 2.06. The molecule has 6 heteroatoms. The van der Waals surface area contributed by atoms with Crippen LogP contribution in [0.3, 0.4) is 0 Å². The summed E-state index contributed by atoms with van der Waals surface area (Å²) in [5, 5.41) is 3.72. The molecule has 0 fully saturated rings. The fourth-order valence-electron chi connectivity index (χ4n) is 0.724. The third-order valence-electron chi connectivity index (χ3n) is 1.23. The van der Waals surface area contributed by atoms with Gasteiger partial charge in [-0.3, -0.25) is 4.79 Å². The van der Waals surface area contributed by atoms with Crippen molar-refractivity contribution in [3.05, 3.63) is 6.33 Å². The maximum atomic E-state index is 10.9. The number of nitrogen functional groups attached to an aromatic ring is 1. The molecule has 0 aliphatic rings. The van der Waals surface area contributed by atoms with Crippen molar-refractivity contribution < 1.29 is 9.53 Å². The topological polar surface area (TPSA) is 83.0 Å². The molecule has 0 aliphatic carbocycles. The van der Waals surface area contributed by atoms with Gasteiger partial charge in [0.2, 0.25) is 5.95 Å². The molecule has 2 N–H and O–H groups in total. The van der Waals surface area contributed by atoms with Crippen molar-refractivity contribution in [2.75, 3.05) is 12.3 Å². The number of anilines is 1. The lowest BCUT2D eigenvalue weighted by atomic mass is 10.6. The number of carbonyl (C=O) groups is 1. The fourth-order valence-corrected chi connectivity index (χ4v) is 0.724. The molecular formula is C6H10N4O2. The van der Waals surface area contributed by atoms with E-state index in [0.717, 1.165) is 0 Å². The van der Waals surface area contributed by atoms with Crippen LogP contribution >= 0.6 is 0 Å². The Hall–Kier alpha value is -1.59. The number of hydrogen-bond acceptors (Lipinski definition) is 5. The van der Waals surface area contributed by atoms with Crippen molar-refractivity contribution in [3.8, 4) is 0 Å². The van der Waals surface area contributed by atoms with E-state index >= 15 is 0 Å². The van der Waals surface area contributed by atoms with Gasteiger partial charge in [-0.15, -0.1) is 0 Å². The van der Waals surface area contributed by atoms with Crippen molar-refractivity contribution in [2.24, 2.45) is 0 Å². The zero-order chi connectivity index (χ0) is 8.97. The number of aromatic nitrogens is 3. The first kappa shape index (κ1) is 8.51. The monoisotopic (exact) mass is 170 g/mol. The zero-order valence-corrected chi connectivity index (χ0v) is 6.73. The van der Waals surface area contributed by atoms with Crippen molar-refractivity contribution >= 4 is 11.9 Å². The van der Waals surface area contributed by atoms with E-state index in [-0.39, 0.29) is 18.5 Å².